The third kappa shape index (κ3) is 4.64. The predicted octanol–water partition coefficient (Wildman–Crippen LogP) is 4.73. The standard InChI is InChI=1S/C21H23FN2O2S2/c1-27-23-21(25)18-9-17(15-7-8-15)20(10-19(18)22)26-13-14-11-24(12-14)28-16-5-3-2-4-6-16/h2-6,9-10,14-15H,7-8,11-13H2,1H3,(H,23,25). The van der Waals surface area contributed by atoms with Crippen LogP contribution in [0.2, 0.25) is 0 Å². The summed E-state index contributed by atoms with van der Waals surface area (Å²) in [6, 6.07) is 13.4. The Bertz CT molecular complexity index is 840. The van der Waals surface area contributed by atoms with Crippen LogP contribution in [0.15, 0.2) is 47.4 Å². The van der Waals surface area contributed by atoms with Gasteiger partial charge >= 0.3 is 0 Å². The second-order valence-electron chi connectivity index (χ2n) is 7.21. The number of nitrogens with zero attached hydrogens (tertiary/aromatic N) is 1. The monoisotopic (exact) mass is 418 g/mol. The van der Waals surface area contributed by atoms with Gasteiger partial charge in [-0.3, -0.25) is 9.52 Å². The van der Waals surface area contributed by atoms with Crippen molar-refractivity contribution in [3.05, 3.63) is 59.4 Å². The van der Waals surface area contributed by atoms with Gasteiger partial charge in [0.15, 0.2) is 0 Å². The molecule has 4 nitrogen and oxygen atoms in total. The van der Waals surface area contributed by atoms with Crippen LogP contribution in [0.4, 0.5) is 4.39 Å². The second-order valence-corrected chi connectivity index (χ2v) is 8.99. The maximum absolute atomic E-state index is 14.5. The third-order valence-corrected chi connectivity index (χ3v) is 6.36. The lowest BCUT2D eigenvalue weighted by Gasteiger charge is -2.37. The van der Waals surface area contributed by atoms with Crippen LogP contribution < -0.4 is 9.46 Å². The Labute approximate surface area is 173 Å². The van der Waals surface area contributed by atoms with Gasteiger partial charge in [0, 0.05) is 36.2 Å². The fraction of sp³-hybridized carbons (Fsp3) is 0.381. The Hall–Kier alpha value is -1.70. The van der Waals surface area contributed by atoms with E-state index in [9.17, 15) is 9.18 Å². The van der Waals surface area contributed by atoms with E-state index in [4.69, 9.17) is 4.74 Å². The van der Waals surface area contributed by atoms with Crippen LogP contribution in [0.3, 0.4) is 0 Å². The molecule has 2 aliphatic rings. The normalized spacial score (nSPS) is 17.2. The van der Waals surface area contributed by atoms with Crippen LogP contribution in [-0.4, -0.2) is 36.2 Å². The summed E-state index contributed by atoms with van der Waals surface area (Å²) in [5, 5.41) is 0. The van der Waals surface area contributed by atoms with Crippen molar-refractivity contribution >= 4 is 29.8 Å². The van der Waals surface area contributed by atoms with E-state index in [-0.39, 0.29) is 5.56 Å². The summed E-state index contributed by atoms with van der Waals surface area (Å²) < 4.78 is 25.4. The molecule has 28 heavy (non-hydrogen) atoms. The molecule has 0 radical (unpaired) electrons. The summed E-state index contributed by atoms with van der Waals surface area (Å²) in [5.41, 5.74) is 1.06. The van der Waals surface area contributed by atoms with Gasteiger partial charge in [0.1, 0.15) is 11.6 Å². The van der Waals surface area contributed by atoms with Gasteiger partial charge in [-0.25, -0.2) is 8.70 Å². The lowest BCUT2D eigenvalue weighted by atomic mass is 10.0. The van der Waals surface area contributed by atoms with E-state index >= 15 is 0 Å². The number of halogens is 1. The highest BCUT2D eigenvalue weighted by atomic mass is 32.2. The molecule has 0 atom stereocenters. The summed E-state index contributed by atoms with van der Waals surface area (Å²) >= 11 is 2.93. The van der Waals surface area contributed by atoms with Gasteiger partial charge in [-0.15, -0.1) is 0 Å². The molecular weight excluding hydrogens is 395 g/mol. The van der Waals surface area contributed by atoms with Crippen molar-refractivity contribution in [3.8, 4) is 5.75 Å². The molecule has 1 saturated heterocycles. The van der Waals surface area contributed by atoms with E-state index in [1.165, 1.54) is 22.9 Å². The smallest absolute Gasteiger partial charge is 0.264 e. The van der Waals surface area contributed by atoms with E-state index in [0.29, 0.717) is 24.2 Å². The average Bonchev–Trinajstić information content (AvgIpc) is 3.49. The van der Waals surface area contributed by atoms with Crippen molar-refractivity contribution in [3.63, 3.8) is 0 Å². The van der Waals surface area contributed by atoms with Gasteiger partial charge in [0.25, 0.3) is 5.91 Å². The van der Waals surface area contributed by atoms with Crippen LogP contribution >= 0.6 is 23.9 Å². The van der Waals surface area contributed by atoms with Crippen molar-refractivity contribution in [2.45, 2.75) is 23.7 Å². The topological polar surface area (TPSA) is 41.6 Å². The molecule has 4 rings (SSSR count). The number of nitrogens with one attached hydrogen (secondary N) is 1. The van der Waals surface area contributed by atoms with Crippen molar-refractivity contribution in [1.82, 2.24) is 9.03 Å². The largest absolute Gasteiger partial charge is 0.493 e. The summed E-state index contributed by atoms with van der Waals surface area (Å²) in [6.45, 7) is 2.48. The number of ether oxygens (including phenoxy) is 1. The van der Waals surface area contributed by atoms with E-state index in [0.717, 1.165) is 31.5 Å². The number of benzene rings is 2. The molecule has 1 saturated carbocycles. The Morgan fingerprint density at radius 2 is 2.00 bits per heavy atom. The summed E-state index contributed by atoms with van der Waals surface area (Å²) in [6.07, 6.45) is 3.88. The summed E-state index contributed by atoms with van der Waals surface area (Å²) in [5.74, 6) is 0.482. The number of amides is 1. The molecule has 1 N–H and O–H groups in total. The number of hydrogen-bond acceptors (Lipinski definition) is 5. The Balaban J connectivity index is 1.35. The van der Waals surface area contributed by atoms with E-state index in [1.807, 2.05) is 18.2 Å². The summed E-state index contributed by atoms with van der Waals surface area (Å²) in [4.78, 5) is 13.3. The molecule has 7 heteroatoms. The van der Waals surface area contributed by atoms with E-state index in [1.54, 1.807) is 24.3 Å². The van der Waals surface area contributed by atoms with Crippen LogP contribution in [0.25, 0.3) is 0 Å². The van der Waals surface area contributed by atoms with E-state index < -0.39 is 11.7 Å². The van der Waals surface area contributed by atoms with Crippen molar-refractivity contribution in [2.75, 3.05) is 26.0 Å². The highest BCUT2D eigenvalue weighted by Gasteiger charge is 2.31. The fourth-order valence-electron chi connectivity index (χ4n) is 3.27. The molecule has 0 spiro atoms. The van der Waals surface area contributed by atoms with Crippen molar-refractivity contribution < 1.29 is 13.9 Å². The first-order valence-electron chi connectivity index (χ1n) is 9.41. The minimum absolute atomic E-state index is 0.0951. The highest BCUT2D eigenvalue weighted by molar-refractivity contribution is 7.97. The zero-order chi connectivity index (χ0) is 19.5. The average molecular weight is 419 g/mol. The maximum Gasteiger partial charge on any atom is 0.264 e. The van der Waals surface area contributed by atoms with Gasteiger partial charge < -0.3 is 4.74 Å². The summed E-state index contributed by atoms with van der Waals surface area (Å²) in [7, 11) is 0. The van der Waals surface area contributed by atoms with Gasteiger partial charge in [-0.1, -0.05) is 30.1 Å². The van der Waals surface area contributed by atoms with Crippen LogP contribution in [0, 0.1) is 11.7 Å². The Morgan fingerprint density at radius 3 is 2.68 bits per heavy atom. The molecule has 148 valence electrons. The van der Waals surface area contributed by atoms with Gasteiger partial charge in [-0.2, -0.15) is 0 Å². The molecule has 0 aromatic heterocycles. The minimum Gasteiger partial charge on any atom is -0.493 e. The first-order chi connectivity index (χ1) is 13.6. The zero-order valence-electron chi connectivity index (χ0n) is 15.7. The molecular formula is C21H23FN2O2S2. The second kappa shape index (κ2) is 8.76. The number of carbonyl (C=O) groups is 1. The molecule has 2 aromatic carbocycles. The van der Waals surface area contributed by atoms with Crippen molar-refractivity contribution in [1.29, 1.82) is 0 Å². The first-order valence-corrected chi connectivity index (χ1v) is 11.4. The molecule has 1 amide bonds. The molecule has 2 aromatic rings. The maximum atomic E-state index is 14.5. The number of hydrogen-bond donors (Lipinski definition) is 1. The number of carbonyl (C=O) groups excluding carboxylic acids is 1. The van der Waals surface area contributed by atoms with Gasteiger partial charge in [0.05, 0.1) is 12.2 Å². The lowest BCUT2D eigenvalue weighted by molar-refractivity contribution is 0.0980. The molecule has 0 unspecified atom stereocenters. The van der Waals surface area contributed by atoms with Crippen molar-refractivity contribution in [2.24, 2.45) is 5.92 Å². The molecule has 1 aliphatic carbocycles. The quantitative estimate of drug-likeness (QED) is 0.628. The van der Waals surface area contributed by atoms with Crippen LogP contribution in [0.1, 0.15) is 34.7 Å². The first kappa shape index (κ1) is 19.6. The van der Waals surface area contributed by atoms with Gasteiger partial charge in [0.2, 0.25) is 0 Å². The van der Waals surface area contributed by atoms with Gasteiger partial charge in [-0.05, 0) is 54.5 Å². The highest BCUT2D eigenvalue weighted by Crippen LogP contribution is 2.45. The van der Waals surface area contributed by atoms with Crippen LogP contribution in [0.5, 0.6) is 5.75 Å². The van der Waals surface area contributed by atoms with Crippen LogP contribution in [-0.2, 0) is 0 Å². The minimum atomic E-state index is -0.527. The molecule has 0 bridgehead atoms. The predicted molar refractivity (Wildman–Crippen MR) is 112 cm³/mol. The Morgan fingerprint density at radius 1 is 1.25 bits per heavy atom. The lowest BCUT2D eigenvalue weighted by Crippen LogP contribution is -2.44. The molecule has 1 heterocycles. The third-order valence-electron chi connectivity index (χ3n) is 4.93. The Kier molecular flexibility index (Phi) is 6.13. The molecule has 1 aliphatic heterocycles. The zero-order valence-corrected chi connectivity index (χ0v) is 17.3. The molecule has 2 fully saturated rings. The number of rotatable bonds is 8. The van der Waals surface area contributed by atoms with E-state index in [2.05, 4.69) is 21.2 Å². The fourth-order valence-corrected chi connectivity index (χ4v) is 4.72. The SMILES string of the molecule is CSNC(=O)c1cc(C2CC2)c(OCC2CN(Sc3ccccc3)C2)cc1F.